The van der Waals surface area contributed by atoms with E-state index in [0.29, 0.717) is 0 Å². The molecule has 0 amide bonds. The maximum atomic E-state index is 12.7. The van der Waals surface area contributed by atoms with Gasteiger partial charge in [0.25, 0.3) is 0 Å². The second-order valence-electron chi connectivity index (χ2n) is 3.57. The molecule has 0 bridgehead atoms. The van der Waals surface area contributed by atoms with Gasteiger partial charge < -0.3 is 4.74 Å². The Kier molecular flexibility index (Phi) is 5.15. The zero-order chi connectivity index (χ0) is 18.4. The molecule has 132 valence electrons. The van der Waals surface area contributed by atoms with Gasteiger partial charge in [0.05, 0.1) is 0 Å². The Morgan fingerprint density at radius 1 is 0.636 bits per heavy atom. The monoisotopic (exact) mass is 362 g/mol. The third-order valence-electron chi connectivity index (χ3n) is 2.12. The molecule has 0 aliphatic rings. The van der Waals surface area contributed by atoms with Gasteiger partial charge in [-0.2, -0.15) is 52.7 Å². The first-order valence-corrected chi connectivity index (χ1v) is 4.57. The van der Waals surface area contributed by atoms with E-state index in [1.54, 1.807) is 0 Å². The van der Waals surface area contributed by atoms with Gasteiger partial charge in [0.2, 0.25) is 11.7 Å². The highest BCUT2D eigenvalue weighted by molar-refractivity contribution is 5.20. The van der Waals surface area contributed by atoms with Crippen molar-refractivity contribution in [2.45, 2.75) is 30.1 Å². The fraction of sp³-hybridized carbons (Fsp3) is 0.750. The largest absolute Gasteiger partial charge is 0.460 e. The van der Waals surface area contributed by atoms with Crippen LogP contribution in [0, 0.1) is 0 Å². The zero-order valence-corrected chi connectivity index (χ0v) is 9.82. The summed E-state index contributed by atoms with van der Waals surface area (Å²) in [5.74, 6) is -31.0. The van der Waals surface area contributed by atoms with Crippen LogP contribution in [0.1, 0.15) is 0 Å². The van der Waals surface area contributed by atoms with Crippen LogP contribution >= 0.6 is 0 Å². The molecular formula is C8H3F13O. The summed E-state index contributed by atoms with van der Waals surface area (Å²) >= 11 is 0. The summed E-state index contributed by atoms with van der Waals surface area (Å²) in [6, 6.07) is 0. The first kappa shape index (κ1) is 20.8. The Bertz CT molecular complexity index is 445. The van der Waals surface area contributed by atoms with E-state index in [0.717, 1.165) is 0 Å². The Hall–Kier alpha value is -1.21. The number of halogens is 13. The molecular weight excluding hydrogens is 359 g/mol. The second-order valence-corrected chi connectivity index (χ2v) is 3.57. The zero-order valence-electron chi connectivity index (χ0n) is 9.82. The normalized spacial score (nSPS) is 16.6. The average molecular weight is 362 g/mol. The first-order valence-electron chi connectivity index (χ1n) is 4.57. The summed E-state index contributed by atoms with van der Waals surface area (Å²) in [5, 5.41) is 0. The minimum absolute atomic E-state index is 0.118. The van der Waals surface area contributed by atoms with E-state index in [1.807, 2.05) is 0 Å². The number of hydrogen-bond donors (Lipinski definition) is 0. The number of rotatable bonds is 5. The van der Waals surface area contributed by atoms with Crippen LogP contribution in [-0.4, -0.2) is 37.2 Å². The molecule has 0 N–H and O–H groups in total. The van der Waals surface area contributed by atoms with Crippen LogP contribution in [-0.2, 0) is 4.74 Å². The van der Waals surface area contributed by atoms with E-state index in [1.165, 1.54) is 0 Å². The minimum Gasteiger partial charge on any atom is -0.318 e. The highest BCUT2D eigenvalue weighted by atomic mass is 19.4. The molecule has 0 aromatic heterocycles. The number of hydrogen-bond acceptors (Lipinski definition) is 1. The van der Waals surface area contributed by atoms with E-state index in [9.17, 15) is 57.1 Å². The highest BCUT2D eigenvalue weighted by Crippen LogP contribution is 2.56. The summed E-state index contributed by atoms with van der Waals surface area (Å²) in [7, 11) is -0.118. The molecule has 0 saturated carbocycles. The highest BCUT2D eigenvalue weighted by Gasteiger charge is 2.83. The van der Waals surface area contributed by atoms with Gasteiger partial charge in [0.15, 0.2) is 0 Å². The number of alkyl halides is 11. The Balaban J connectivity index is 6.19. The second kappa shape index (κ2) is 5.45. The van der Waals surface area contributed by atoms with Crippen molar-refractivity contribution in [2.75, 3.05) is 7.11 Å². The molecule has 1 nitrogen and oxygen atoms in total. The summed E-state index contributed by atoms with van der Waals surface area (Å²) in [4.78, 5) is 0. The summed E-state index contributed by atoms with van der Waals surface area (Å²) in [5.41, 5.74) is 0. The summed E-state index contributed by atoms with van der Waals surface area (Å²) < 4.78 is 163. The molecule has 0 aliphatic carbocycles. The van der Waals surface area contributed by atoms with Crippen LogP contribution in [0.2, 0.25) is 0 Å². The molecule has 0 heterocycles. The van der Waals surface area contributed by atoms with Gasteiger partial charge in [-0.15, -0.1) is 0 Å². The van der Waals surface area contributed by atoms with Gasteiger partial charge in [-0.05, 0) is 0 Å². The summed E-state index contributed by atoms with van der Waals surface area (Å²) in [6.45, 7) is 0. The van der Waals surface area contributed by atoms with Crippen LogP contribution in [0.5, 0.6) is 0 Å². The predicted octanol–water partition coefficient (Wildman–Crippen LogP) is 4.84. The maximum absolute atomic E-state index is 12.7. The van der Waals surface area contributed by atoms with Crippen molar-refractivity contribution in [1.82, 2.24) is 0 Å². The molecule has 0 unspecified atom stereocenters. The molecule has 0 aromatic carbocycles. The molecule has 0 spiro atoms. The smallest absolute Gasteiger partial charge is 0.318 e. The summed E-state index contributed by atoms with van der Waals surface area (Å²) in [6.07, 6.45) is -12.9. The Labute approximate surface area is 112 Å². The molecule has 14 heteroatoms. The van der Waals surface area contributed by atoms with Crippen LogP contribution in [0.25, 0.3) is 0 Å². The Morgan fingerprint density at radius 3 is 1.27 bits per heavy atom. The van der Waals surface area contributed by atoms with E-state index in [2.05, 4.69) is 4.74 Å². The van der Waals surface area contributed by atoms with Gasteiger partial charge in [-0.25, -0.2) is 4.39 Å². The van der Waals surface area contributed by atoms with Crippen molar-refractivity contribution in [3.63, 3.8) is 0 Å². The van der Waals surface area contributed by atoms with Gasteiger partial charge in [-0.1, -0.05) is 0 Å². The molecule has 0 rings (SSSR count). The maximum Gasteiger partial charge on any atom is 0.460 e. The molecule has 0 fully saturated rings. The van der Waals surface area contributed by atoms with Crippen molar-refractivity contribution >= 4 is 0 Å². The van der Waals surface area contributed by atoms with Crippen molar-refractivity contribution in [3.8, 4) is 0 Å². The number of ether oxygens (including phenoxy) is 1. The lowest BCUT2D eigenvalue weighted by atomic mass is 10.0. The lowest BCUT2D eigenvalue weighted by molar-refractivity contribution is -0.392. The minimum atomic E-state index is -7.61. The van der Waals surface area contributed by atoms with Crippen molar-refractivity contribution in [1.29, 1.82) is 0 Å². The third-order valence-corrected chi connectivity index (χ3v) is 2.12. The first-order chi connectivity index (χ1) is 9.38. The number of methoxy groups -OCH3 is 1. The van der Waals surface area contributed by atoms with Crippen LogP contribution in [0.15, 0.2) is 11.7 Å². The van der Waals surface area contributed by atoms with Crippen molar-refractivity contribution in [2.24, 2.45) is 0 Å². The van der Waals surface area contributed by atoms with Gasteiger partial charge in [-0.3, -0.25) is 0 Å². The van der Waals surface area contributed by atoms with E-state index >= 15 is 0 Å². The topological polar surface area (TPSA) is 9.23 Å². The fourth-order valence-electron chi connectivity index (χ4n) is 0.868. The van der Waals surface area contributed by atoms with Crippen molar-refractivity contribution < 1.29 is 61.8 Å². The molecule has 0 atom stereocenters. The van der Waals surface area contributed by atoms with Gasteiger partial charge >= 0.3 is 30.1 Å². The third kappa shape index (κ3) is 2.96. The molecule has 22 heavy (non-hydrogen) atoms. The molecule has 0 radical (unpaired) electrons. The number of allylic oxidation sites excluding steroid dienone is 1. The van der Waals surface area contributed by atoms with E-state index < -0.39 is 41.7 Å². The van der Waals surface area contributed by atoms with E-state index in [-0.39, 0.29) is 7.11 Å². The molecule has 0 aliphatic heterocycles. The van der Waals surface area contributed by atoms with Gasteiger partial charge in [0, 0.05) is 7.11 Å². The standard InChI is InChI=1S/C8H3F13O/c1-22-5(13,14)3(10)2(9)4(11,12)6(15,16)7(17,18)8(19,20)21/h1H3. The average Bonchev–Trinajstić information content (AvgIpc) is 2.34. The van der Waals surface area contributed by atoms with Crippen LogP contribution in [0.4, 0.5) is 57.1 Å². The van der Waals surface area contributed by atoms with Gasteiger partial charge in [0.1, 0.15) is 0 Å². The lowest BCUT2D eigenvalue weighted by Crippen LogP contribution is -2.61. The molecule has 0 saturated heterocycles. The predicted molar refractivity (Wildman–Crippen MR) is 42.1 cm³/mol. The van der Waals surface area contributed by atoms with Crippen LogP contribution < -0.4 is 0 Å². The fourth-order valence-corrected chi connectivity index (χ4v) is 0.868. The SMILES string of the molecule is COC(F)(F)C(F)=C(F)C(F)(F)C(F)(F)C(F)(F)C(F)(F)F. The van der Waals surface area contributed by atoms with E-state index in [4.69, 9.17) is 0 Å². The lowest BCUT2D eigenvalue weighted by Gasteiger charge is -2.33. The molecule has 0 aromatic rings. The van der Waals surface area contributed by atoms with Crippen LogP contribution in [0.3, 0.4) is 0 Å². The Morgan fingerprint density at radius 2 is 1.00 bits per heavy atom. The quantitative estimate of drug-likeness (QED) is 0.636. The van der Waals surface area contributed by atoms with Crippen molar-refractivity contribution in [3.05, 3.63) is 11.7 Å².